The first-order valence-corrected chi connectivity index (χ1v) is 7.08. The third kappa shape index (κ3) is 1.99. The minimum Gasteiger partial charge on any atom is -0.497 e. The van der Waals surface area contributed by atoms with Crippen molar-refractivity contribution in [1.29, 1.82) is 0 Å². The molecule has 3 rings (SSSR count). The summed E-state index contributed by atoms with van der Waals surface area (Å²) in [4.78, 5) is 3.54. The van der Waals surface area contributed by atoms with Crippen LogP contribution in [0.1, 0.15) is 24.1 Å². The second kappa shape index (κ2) is 4.85. The van der Waals surface area contributed by atoms with Crippen LogP contribution in [0.25, 0.3) is 10.9 Å². The van der Waals surface area contributed by atoms with Gasteiger partial charge in [-0.1, -0.05) is 0 Å². The highest BCUT2D eigenvalue weighted by atomic mass is 35.5. The van der Waals surface area contributed by atoms with E-state index in [1.54, 1.807) is 7.11 Å². The van der Waals surface area contributed by atoms with E-state index in [-0.39, 0.29) is 0 Å². The molecule has 1 heterocycles. The quantitative estimate of drug-likeness (QED) is 0.835. The van der Waals surface area contributed by atoms with Crippen LogP contribution in [0.5, 0.6) is 5.75 Å². The molecule has 1 aliphatic carbocycles. The van der Waals surface area contributed by atoms with Gasteiger partial charge in [0.15, 0.2) is 0 Å². The van der Waals surface area contributed by atoms with Crippen LogP contribution >= 0.6 is 11.6 Å². The Bertz CT molecular complexity index is 561. The molecule has 1 N–H and O–H groups in total. The number of hydrogen-bond donors (Lipinski definition) is 1. The van der Waals surface area contributed by atoms with Gasteiger partial charge in [-0.2, -0.15) is 0 Å². The van der Waals surface area contributed by atoms with Crippen LogP contribution in [0.4, 0.5) is 0 Å². The molecule has 1 aromatic carbocycles. The molecule has 1 aromatic heterocycles. The summed E-state index contributed by atoms with van der Waals surface area (Å²) in [5, 5.41) is 1.35. The van der Waals surface area contributed by atoms with Gasteiger partial charge < -0.3 is 9.72 Å². The lowest BCUT2D eigenvalue weighted by Crippen LogP contribution is -2.13. The molecule has 3 heteroatoms. The number of rotatable bonds is 3. The average Bonchev–Trinajstić information content (AvgIpc) is 2.76. The number of ether oxygens (including phenoxy) is 1. The van der Waals surface area contributed by atoms with E-state index in [9.17, 15) is 0 Å². The molecular formula is C15H18ClNO. The molecule has 1 aliphatic rings. The number of aryl methyl sites for hydroxylation is 1. The van der Waals surface area contributed by atoms with Crippen LogP contribution < -0.4 is 4.74 Å². The van der Waals surface area contributed by atoms with Crippen molar-refractivity contribution in [3.05, 3.63) is 29.5 Å². The van der Waals surface area contributed by atoms with Gasteiger partial charge >= 0.3 is 0 Å². The molecule has 0 radical (unpaired) electrons. The molecule has 1 unspecified atom stereocenters. The van der Waals surface area contributed by atoms with Crippen LogP contribution in [-0.2, 0) is 12.8 Å². The number of methoxy groups -OCH3 is 1. The molecule has 2 aromatic rings. The van der Waals surface area contributed by atoms with Crippen LogP contribution in [0.15, 0.2) is 18.2 Å². The summed E-state index contributed by atoms with van der Waals surface area (Å²) in [6.07, 6.45) is 4.69. The van der Waals surface area contributed by atoms with Crippen LogP contribution in [0.3, 0.4) is 0 Å². The predicted molar refractivity (Wildman–Crippen MR) is 75.7 cm³/mol. The summed E-state index contributed by atoms with van der Waals surface area (Å²) in [6, 6.07) is 6.30. The SMILES string of the molecule is COc1ccc2c3c([nH]c2c1)CCC(CCCl)C3. The topological polar surface area (TPSA) is 25.0 Å². The molecule has 0 bridgehead atoms. The molecule has 0 aliphatic heterocycles. The number of benzene rings is 1. The van der Waals surface area contributed by atoms with Gasteiger partial charge in [0, 0.05) is 28.5 Å². The van der Waals surface area contributed by atoms with Crippen molar-refractivity contribution in [1.82, 2.24) is 4.98 Å². The van der Waals surface area contributed by atoms with Gasteiger partial charge in [0.05, 0.1) is 7.11 Å². The van der Waals surface area contributed by atoms with Crippen molar-refractivity contribution in [2.24, 2.45) is 5.92 Å². The minimum absolute atomic E-state index is 0.746. The second-order valence-corrected chi connectivity index (χ2v) is 5.46. The first-order chi connectivity index (χ1) is 8.81. The maximum absolute atomic E-state index is 5.87. The summed E-state index contributed by atoms with van der Waals surface area (Å²) in [6.45, 7) is 0. The second-order valence-electron chi connectivity index (χ2n) is 5.08. The summed E-state index contributed by atoms with van der Waals surface area (Å²) >= 11 is 5.87. The highest BCUT2D eigenvalue weighted by Crippen LogP contribution is 2.34. The number of hydrogen-bond acceptors (Lipinski definition) is 1. The Balaban J connectivity index is 2.00. The van der Waals surface area contributed by atoms with Gasteiger partial charge in [0.2, 0.25) is 0 Å². The molecular weight excluding hydrogens is 246 g/mol. The average molecular weight is 264 g/mol. The Kier molecular flexibility index (Phi) is 3.21. The number of alkyl halides is 1. The normalized spacial score (nSPS) is 18.9. The fraction of sp³-hybridized carbons (Fsp3) is 0.467. The highest BCUT2D eigenvalue weighted by Gasteiger charge is 2.22. The molecule has 1 atom stereocenters. The largest absolute Gasteiger partial charge is 0.497 e. The third-order valence-corrected chi connectivity index (χ3v) is 4.23. The molecule has 2 nitrogen and oxygen atoms in total. The number of halogens is 1. The van der Waals surface area contributed by atoms with Crippen molar-refractivity contribution >= 4 is 22.5 Å². The van der Waals surface area contributed by atoms with E-state index in [0.29, 0.717) is 0 Å². The zero-order valence-corrected chi connectivity index (χ0v) is 11.4. The number of nitrogens with one attached hydrogen (secondary N) is 1. The lowest BCUT2D eigenvalue weighted by atomic mass is 9.85. The summed E-state index contributed by atoms with van der Waals surface area (Å²) in [7, 11) is 1.71. The van der Waals surface area contributed by atoms with E-state index < -0.39 is 0 Å². The van der Waals surface area contributed by atoms with Gasteiger partial charge in [-0.25, -0.2) is 0 Å². The van der Waals surface area contributed by atoms with Gasteiger partial charge in [-0.05, 0) is 49.3 Å². The van der Waals surface area contributed by atoms with Crippen molar-refractivity contribution in [2.45, 2.75) is 25.7 Å². The fourth-order valence-corrected chi connectivity index (χ4v) is 3.31. The molecule has 0 saturated heterocycles. The number of aromatic nitrogens is 1. The predicted octanol–water partition coefficient (Wildman–Crippen LogP) is 3.91. The molecule has 18 heavy (non-hydrogen) atoms. The monoisotopic (exact) mass is 263 g/mol. The highest BCUT2D eigenvalue weighted by molar-refractivity contribution is 6.17. The first-order valence-electron chi connectivity index (χ1n) is 6.55. The smallest absolute Gasteiger partial charge is 0.120 e. The van der Waals surface area contributed by atoms with E-state index in [4.69, 9.17) is 16.3 Å². The lowest BCUT2D eigenvalue weighted by Gasteiger charge is -2.21. The zero-order chi connectivity index (χ0) is 12.5. The van der Waals surface area contributed by atoms with Gasteiger partial charge in [-0.15, -0.1) is 11.6 Å². The van der Waals surface area contributed by atoms with Crippen molar-refractivity contribution in [3.8, 4) is 5.75 Å². The van der Waals surface area contributed by atoms with Crippen LogP contribution in [0.2, 0.25) is 0 Å². The third-order valence-electron chi connectivity index (χ3n) is 4.01. The maximum atomic E-state index is 5.87. The first kappa shape index (κ1) is 11.9. The van der Waals surface area contributed by atoms with Gasteiger partial charge in [0.25, 0.3) is 0 Å². The van der Waals surface area contributed by atoms with Crippen LogP contribution in [0, 0.1) is 5.92 Å². The maximum Gasteiger partial charge on any atom is 0.120 e. The molecule has 0 saturated carbocycles. The lowest BCUT2D eigenvalue weighted by molar-refractivity contribution is 0.415. The van der Waals surface area contributed by atoms with E-state index in [0.717, 1.165) is 36.8 Å². The molecule has 0 amide bonds. The summed E-state index contributed by atoms with van der Waals surface area (Å²) in [5.41, 5.74) is 4.10. The van der Waals surface area contributed by atoms with Crippen molar-refractivity contribution < 1.29 is 4.74 Å². The Hall–Kier alpha value is -1.15. The zero-order valence-electron chi connectivity index (χ0n) is 10.6. The number of aromatic amines is 1. The van der Waals surface area contributed by atoms with E-state index in [2.05, 4.69) is 17.1 Å². The van der Waals surface area contributed by atoms with Crippen LogP contribution in [-0.4, -0.2) is 18.0 Å². The Labute approximate surface area is 112 Å². The standard InChI is InChI=1S/C15H18ClNO/c1-18-11-3-4-12-13-8-10(6-7-16)2-5-14(13)17-15(12)9-11/h3-4,9-10,17H,2,5-8H2,1H3. The molecule has 0 fully saturated rings. The summed E-state index contributed by atoms with van der Waals surface area (Å²) < 4.78 is 5.28. The van der Waals surface area contributed by atoms with Gasteiger partial charge in [-0.3, -0.25) is 0 Å². The van der Waals surface area contributed by atoms with E-state index in [1.807, 2.05) is 6.07 Å². The molecule has 96 valence electrons. The van der Waals surface area contributed by atoms with E-state index >= 15 is 0 Å². The van der Waals surface area contributed by atoms with Crippen molar-refractivity contribution in [2.75, 3.05) is 13.0 Å². The molecule has 0 spiro atoms. The van der Waals surface area contributed by atoms with Gasteiger partial charge in [0.1, 0.15) is 5.75 Å². The summed E-state index contributed by atoms with van der Waals surface area (Å²) in [5.74, 6) is 2.44. The van der Waals surface area contributed by atoms with Crippen molar-refractivity contribution in [3.63, 3.8) is 0 Å². The number of H-pyrrole nitrogens is 1. The number of fused-ring (bicyclic) bond motifs is 3. The Morgan fingerprint density at radius 1 is 1.44 bits per heavy atom. The van der Waals surface area contributed by atoms with E-state index in [1.165, 1.54) is 28.6 Å². The minimum atomic E-state index is 0.746. The fourth-order valence-electron chi connectivity index (χ4n) is 3.00. The Morgan fingerprint density at radius 3 is 3.11 bits per heavy atom. The Morgan fingerprint density at radius 2 is 2.33 bits per heavy atom.